The van der Waals surface area contributed by atoms with Crippen LogP contribution in [0.25, 0.3) is 0 Å². The highest BCUT2D eigenvalue weighted by molar-refractivity contribution is 6.03. The number of rotatable bonds is 4. The van der Waals surface area contributed by atoms with E-state index >= 15 is 0 Å². The van der Waals surface area contributed by atoms with Gasteiger partial charge in [0.25, 0.3) is 5.91 Å². The molecule has 4 rings (SSSR count). The van der Waals surface area contributed by atoms with Gasteiger partial charge in [-0.05, 0) is 43.3 Å². The fourth-order valence-electron chi connectivity index (χ4n) is 3.42. The third kappa shape index (κ3) is 4.34. The number of nitrogens with one attached hydrogen (secondary N) is 1. The number of aromatic nitrogens is 2. The fourth-order valence-corrected chi connectivity index (χ4v) is 3.42. The SMILES string of the molecule is Cc1cccc(C(=O)Nc2ccc(N3CCN(c4ccccc4F)CC3)nn2)c1. The second-order valence-electron chi connectivity index (χ2n) is 7.03. The number of nitrogens with zero attached hydrogens (tertiary/aromatic N) is 4. The summed E-state index contributed by atoms with van der Waals surface area (Å²) in [6.45, 7) is 4.79. The molecule has 6 nitrogen and oxygen atoms in total. The maximum Gasteiger partial charge on any atom is 0.256 e. The van der Waals surface area contributed by atoms with Crippen LogP contribution >= 0.6 is 0 Å². The number of aryl methyl sites for hydroxylation is 1. The van der Waals surface area contributed by atoms with Crippen LogP contribution < -0.4 is 15.1 Å². The second-order valence-corrected chi connectivity index (χ2v) is 7.03. The van der Waals surface area contributed by atoms with E-state index in [0.29, 0.717) is 30.2 Å². The van der Waals surface area contributed by atoms with E-state index in [4.69, 9.17) is 0 Å². The minimum atomic E-state index is -0.214. The molecule has 29 heavy (non-hydrogen) atoms. The predicted molar refractivity (Wildman–Crippen MR) is 112 cm³/mol. The van der Waals surface area contributed by atoms with Gasteiger partial charge in [-0.25, -0.2) is 4.39 Å². The molecule has 148 valence electrons. The van der Waals surface area contributed by atoms with Crippen LogP contribution in [0.3, 0.4) is 0 Å². The van der Waals surface area contributed by atoms with Gasteiger partial charge in [0.05, 0.1) is 5.69 Å². The van der Waals surface area contributed by atoms with Crippen molar-refractivity contribution in [2.45, 2.75) is 6.92 Å². The highest BCUT2D eigenvalue weighted by Crippen LogP contribution is 2.22. The van der Waals surface area contributed by atoms with E-state index in [1.54, 1.807) is 24.3 Å². The maximum atomic E-state index is 14.0. The first-order valence-corrected chi connectivity index (χ1v) is 9.56. The van der Waals surface area contributed by atoms with E-state index in [9.17, 15) is 9.18 Å². The number of para-hydroxylation sites is 1. The number of piperazine rings is 1. The Hall–Kier alpha value is -3.48. The first-order valence-electron chi connectivity index (χ1n) is 9.56. The number of benzene rings is 2. The second kappa shape index (κ2) is 8.26. The van der Waals surface area contributed by atoms with Crippen molar-refractivity contribution in [2.24, 2.45) is 0 Å². The molecule has 1 aromatic heterocycles. The Morgan fingerprint density at radius 3 is 2.38 bits per heavy atom. The Balaban J connectivity index is 1.36. The monoisotopic (exact) mass is 391 g/mol. The van der Waals surface area contributed by atoms with Gasteiger partial charge in [-0.2, -0.15) is 0 Å². The van der Waals surface area contributed by atoms with Crippen molar-refractivity contribution in [1.82, 2.24) is 10.2 Å². The number of carbonyl (C=O) groups excluding carboxylic acids is 1. The molecule has 0 unspecified atom stereocenters. The lowest BCUT2D eigenvalue weighted by molar-refractivity contribution is 0.102. The first kappa shape index (κ1) is 18.9. The summed E-state index contributed by atoms with van der Waals surface area (Å²) >= 11 is 0. The van der Waals surface area contributed by atoms with E-state index in [-0.39, 0.29) is 11.7 Å². The molecule has 3 aromatic rings. The van der Waals surface area contributed by atoms with Gasteiger partial charge >= 0.3 is 0 Å². The Kier molecular flexibility index (Phi) is 5.37. The minimum absolute atomic E-state index is 0.200. The molecule has 0 saturated carbocycles. The standard InChI is InChI=1S/C22H22FN5O/c1-16-5-4-6-17(15-16)22(29)24-20-9-10-21(26-25-20)28-13-11-27(12-14-28)19-8-3-2-7-18(19)23/h2-10,15H,11-14H2,1H3,(H,24,25,29). The molecule has 7 heteroatoms. The number of carbonyl (C=O) groups is 1. The van der Waals surface area contributed by atoms with Crippen LogP contribution in [-0.2, 0) is 0 Å². The van der Waals surface area contributed by atoms with Gasteiger partial charge in [-0.15, -0.1) is 10.2 Å². The third-order valence-corrected chi connectivity index (χ3v) is 4.97. The topological polar surface area (TPSA) is 61.4 Å². The lowest BCUT2D eigenvalue weighted by Gasteiger charge is -2.36. The van der Waals surface area contributed by atoms with E-state index in [0.717, 1.165) is 24.5 Å². The van der Waals surface area contributed by atoms with Gasteiger partial charge in [0.15, 0.2) is 11.6 Å². The number of hydrogen-bond donors (Lipinski definition) is 1. The Morgan fingerprint density at radius 1 is 0.931 bits per heavy atom. The molecule has 1 N–H and O–H groups in total. The van der Waals surface area contributed by atoms with E-state index in [1.807, 2.05) is 42.2 Å². The molecule has 0 spiro atoms. The fraction of sp³-hybridized carbons (Fsp3) is 0.227. The van der Waals surface area contributed by atoms with Crippen molar-refractivity contribution in [3.63, 3.8) is 0 Å². The Labute approximate surface area is 169 Å². The largest absolute Gasteiger partial charge is 0.366 e. The van der Waals surface area contributed by atoms with Gasteiger partial charge < -0.3 is 15.1 Å². The normalized spacial score (nSPS) is 14.0. The summed E-state index contributed by atoms with van der Waals surface area (Å²) < 4.78 is 14.0. The van der Waals surface area contributed by atoms with Crippen molar-refractivity contribution in [1.29, 1.82) is 0 Å². The number of hydrogen-bond acceptors (Lipinski definition) is 5. The average molecular weight is 391 g/mol. The molecule has 1 fully saturated rings. The summed E-state index contributed by atoms with van der Waals surface area (Å²) in [5.41, 5.74) is 2.24. The van der Waals surface area contributed by atoms with Crippen molar-refractivity contribution in [3.05, 3.63) is 77.6 Å². The van der Waals surface area contributed by atoms with Crippen LogP contribution in [0, 0.1) is 12.7 Å². The summed E-state index contributed by atoms with van der Waals surface area (Å²) in [6.07, 6.45) is 0. The summed E-state index contributed by atoms with van der Waals surface area (Å²) in [4.78, 5) is 16.5. The summed E-state index contributed by atoms with van der Waals surface area (Å²) in [5.74, 6) is 0.737. The molecule has 0 atom stereocenters. The van der Waals surface area contributed by atoms with Crippen molar-refractivity contribution < 1.29 is 9.18 Å². The van der Waals surface area contributed by atoms with Crippen LogP contribution in [0.2, 0.25) is 0 Å². The molecule has 1 aliphatic rings. The molecule has 1 amide bonds. The van der Waals surface area contributed by atoms with Gasteiger partial charge in [0, 0.05) is 31.7 Å². The lowest BCUT2D eigenvalue weighted by Crippen LogP contribution is -2.47. The van der Waals surface area contributed by atoms with Crippen molar-refractivity contribution >= 4 is 23.2 Å². The summed E-state index contributed by atoms with van der Waals surface area (Å²) in [7, 11) is 0. The molecule has 1 aliphatic heterocycles. The average Bonchev–Trinajstić information content (AvgIpc) is 2.75. The molecule has 0 aliphatic carbocycles. The Bertz CT molecular complexity index is 1000. The molecular formula is C22H22FN5O. The molecule has 0 bridgehead atoms. The van der Waals surface area contributed by atoms with Crippen LogP contribution in [0.1, 0.15) is 15.9 Å². The molecule has 1 saturated heterocycles. The number of amides is 1. The quantitative estimate of drug-likeness (QED) is 0.738. The first-order chi connectivity index (χ1) is 14.1. The Morgan fingerprint density at radius 2 is 1.69 bits per heavy atom. The van der Waals surface area contributed by atoms with E-state index < -0.39 is 0 Å². The van der Waals surface area contributed by atoms with E-state index in [2.05, 4.69) is 20.4 Å². The van der Waals surface area contributed by atoms with Crippen LogP contribution in [0.5, 0.6) is 0 Å². The lowest BCUT2D eigenvalue weighted by atomic mass is 10.1. The van der Waals surface area contributed by atoms with Gasteiger partial charge in [-0.1, -0.05) is 29.8 Å². The molecular weight excluding hydrogens is 369 g/mol. The van der Waals surface area contributed by atoms with Crippen molar-refractivity contribution in [2.75, 3.05) is 41.3 Å². The zero-order chi connectivity index (χ0) is 20.2. The van der Waals surface area contributed by atoms with Crippen LogP contribution in [0.15, 0.2) is 60.7 Å². The molecule has 2 aromatic carbocycles. The maximum absolute atomic E-state index is 14.0. The minimum Gasteiger partial charge on any atom is -0.366 e. The number of anilines is 3. The smallest absolute Gasteiger partial charge is 0.256 e. The van der Waals surface area contributed by atoms with E-state index in [1.165, 1.54) is 6.07 Å². The summed E-state index contributed by atoms with van der Waals surface area (Å²) in [6, 6.07) is 17.8. The van der Waals surface area contributed by atoms with Crippen molar-refractivity contribution in [3.8, 4) is 0 Å². The van der Waals surface area contributed by atoms with Gasteiger partial charge in [0.2, 0.25) is 0 Å². The summed E-state index contributed by atoms with van der Waals surface area (Å²) in [5, 5.41) is 11.2. The predicted octanol–water partition coefficient (Wildman–Crippen LogP) is 3.50. The highest BCUT2D eigenvalue weighted by Gasteiger charge is 2.20. The zero-order valence-electron chi connectivity index (χ0n) is 16.2. The highest BCUT2D eigenvalue weighted by atomic mass is 19.1. The van der Waals surface area contributed by atoms with Gasteiger partial charge in [0.1, 0.15) is 5.82 Å². The third-order valence-electron chi connectivity index (χ3n) is 4.97. The molecule has 2 heterocycles. The van der Waals surface area contributed by atoms with Crippen LogP contribution in [-0.4, -0.2) is 42.3 Å². The number of halogens is 1. The zero-order valence-corrected chi connectivity index (χ0v) is 16.2. The van der Waals surface area contributed by atoms with Crippen LogP contribution in [0.4, 0.5) is 21.7 Å². The molecule has 0 radical (unpaired) electrons. The van der Waals surface area contributed by atoms with Gasteiger partial charge in [-0.3, -0.25) is 4.79 Å².